The lowest BCUT2D eigenvalue weighted by Gasteiger charge is -2.20. The number of H-pyrrole nitrogens is 1. The summed E-state index contributed by atoms with van der Waals surface area (Å²) in [5.74, 6) is 1.08. The second kappa shape index (κ2) is 11.0. The third-order valence-electron chi connectivity index (χ3n) is 6.52. The standard InChI is InChI=1S/C27H33N3O3/c1-33-21-13-11-19(12-14-21)26-23(22-9-5-6-10-24(22)30-26)15-16-25(31)28-17-18-29-27(32)20-7-3-2-4-8-20/h5-6,9-14,20,30H,2-4,7-8,15-18H2,1H3,(H,28,31)(H,29,32). The molecular formula is C27H33N3O3. The van der Waals surface area contributed by atoms with Gasteiger partial charge in [-0.2, -0.15) is 0 Å². The summed E-state index contributed by atoms with van der Waals surface area (Å²) in [5.41, 5.74) is 4.29. The smallest absolute Gasteiger partial charge is 0.223 e. The number of fused-ring (bicyclic) bond motifs is 1. The number of nitrogens with one attached hydrogen (secondary N) is 3. The molecule has 4 rings (SSSR count). The summed E-state index contributed by atoms with van der Waals surface area (Å²) < 4.78 is 5.28. The van der Waals surface area contributed by atoms with Crippen LogP contribution in [0, 0.1) is 5.92 Å². The summed E-state index contributed by atoms with van der Waals surface area (Å²) in [6, 6.07) is 16.1. The molecule has 1 aliphatic carbocycles. The van der Waals surface area contributed by atoms with Gasteiger partial charge in [-0.15, -0.1) is 0 Å². The molecule has 1 saturated carbocycles. The van der Waals surface area contributed by atoms with E-state index in [0.29, 0.717) is 25.9 Å². The fraction of sp³-hybridized carbons (Fsp3) is 0.407. The Morgan fingerprint density at radius 1 is 0.970 bits per heavy atom. The van der Waals surface area contributed by atoms with E-state index in [9.17, 15) is 9.59 Å². The topological polar surface area (TPSA) is 83.2 Å². The molecule has 1 aromatic heterocycles. The van der Waals surface area contributed by atoms with Crippen molar-refractivity contribution in [1.29, 1.82) is 0 Å². The minimum Gasteiger partial charge on any atom is -0.497 e. The first kappa shape index (κ1) is 22.9. The fourth-order valence-electron chi connectivity index (χ4n) is 4.69. The van der Waals surface area contributed by atoms with Gasteiger partial charge in [-0.3, -0.25) is 9.59 Å². The van der Waals surface area contributed by atoms with Gasteiger partial charge in [0.1, 0.15) is 5.75 Å². The van der Waals surface area contributed by atoms with Crippen molar-refractivity contribution in [3.8, 4) is 17.0 Å². The van der Waals surface area contributed by atoms with Crippen LogP contribution in [0.1, 0.15) is 44.1 Å². The Bertz CT molecular complexity index is 1080. The van der Waals surface area contributed by atoms with Crippen LogP contribution >= 0.6 is 0 Å². The minimum atomic E-state index is -0.00659. The molecule has 3 N–H and O–H groups in total. The van der Waals surface area contributed by atoms with E-state index in [0.717, 1.165) is 59.2 Å². The lowest BCUT2D eigenvalue weighted by Crippen LogP contribution is -2.38. The molecule has 0 atom stereocenters. The number of hydrogen-bond acceptors (Lipinski definition) is 3. The highest BCUT2D eigenvalue weighted by Gasteiger charge is 2.20. The van der Waals surface area contributed by atoms with Gasteiger partial charge in [0.05, 0.1) is 7.11 Å². The Balaban J connectivity index is 1.33. The van der Waals surface area contributed by atoms with Crippen LogP contribution in [0.15, 0.2) is 48.5 Å². The van der Waals surface area contributed by atoms with Crippen molar-refractivity contribution in [2.45, 2.75) is 44.9 Å². The quantitative estimate of drug-likeness (QED) is 0.420. The first-order chi connectivity index (χ1) is 16.2. The molecule has 6 nitrogen and oxygen atoms in total. The fourth-order valence-corrected chi connectivity index (χ4v) is 4.69. The second-order valence-electron chi connectivity index (χ2n) is 8.73. The Kier molecular flexibility index (Phi) is 7.66. The van der Waals surface area contributed by atoms with Gasteiger partial charge >= 0.3 is 0 Å². The first-order valence-electron chi connectivity index (χ1n) is 11.9. The highest BCUT2D eigenvalue weighted by Crippen LogP contribution is 2.32. The van der Waals surface area contributed by atoms with Crippen LogP contribution in [-0.2, 0) is 16.0 Å². The van der Waals surface area contributed by atoms with E-state index in [1.807, 2.05) is 36.4 Å². The van der Waals surface area contributed by atoms with E-state index in [1.54, 1.807) is 7.11 Å². The zero-order chi connectivity index (χ0) is 23.0. The number of benzene rings is 2. The molecule has 0 unspecified atom stereocenters. The number of rotatable bonds is 9. The first-order valence-corrected chi connectivity index (χ1v) is 11.9. The Morgan fingerprint density at radius 3 is 2.45 bits per heavy atom. The zero-order valence-corrected chi connectivity index (χ0v) is 19.3. The van der Waals surface area contributed by atoms with E-state index < -0.39 is 0 Å². The summed E-state index contributed by atoms with van der Waals surface area (Å²) in [6.45, 7) is 0.932. The van der Waals surface area contributed by atoms with Gasteiger partial charge in [-0.25, -0.2) is 0 Å². The molecule has 174 valence electrons. The number of hydrogen-bond donors (Lipinski definition) is 3. The second-order valence-corrected chi connectivity index (χ2v) is 8.73. The van der Waals surface area contributed by atoms with Crippen molar-refractivity contribution in [1.82, 2.24) is 15.6 Å². The summed E-state index contributed by atoms with van der Waals surface area (Å²) in [6.07, 6.45) is 6.50. The molecule has 0 saturated heterocycles. The number of amides is 2. The van der Waals surface area contributed by atoms with E-state index in [-0.39, 0.29) is 17.7 Å². The summed E-state index contributed by atoms with van der Waals surface area (Å²) in [4.78, 5) is 28.2. The van der Waals surface area contributed by atoms with E-state index in [1.165, 1.54) is 6.42 Å². The van der Waals surface area contributed by atoms with Crippen LogP contribution in [-0.4, -0.2) is 37.0 Å². The van der Waals surface area contributed by atoms with Gasteiger partial charge in [0, 0.05) is 42.0 Å². The molecule has 2 aromatic carbocycles. The van der Waals surface area contributed by atoms with Crippen molar-refractivity contribution < 1.29 is 14.3 Å². The van der Waals surface area contributed by atoms with Gasteiger partial charge in [0.2, 0.25) is 11.8 Å². The molecule has 0 bridgehead atoms. The van der Waals surface area contributed by atoms with Crippen molar-refractivity contribution in [2.24, 2.45) is 5.92 Å². The minimum absolute atomic E-state index is 0.00659. The van der Waals surface area contributed by atoms with Gasteiger partial charge in [-0.05, 0) is 60.7 Å². The zero-order valence-electron chi connectivity index (χ0n) is 19.3. The van der Waals surface area contributed by atoms with Gasteiger partial charge in [-0.1, -0.05) is 37.5 Å². The molecule has 2 amide bonds. The molecule has 0 aliphatic heterocycles. The maximum atomic E-state index is 12.5. The lowest BCUT2D eigenvalue weighted by atomic mass is 9.89. The predicted octanol–water partition coefficient (Wildman–Crippen LogP) is 4.59. The SMILES string of the molecule is COc1ccc(-c2[nH]c3ccccc3c2CCC(=O)NCCNC(=O)C2CCCCC2)cc1. The molecule has 1 aliphatic rings. The number of aromatic amines is 1. The van der Waals surface area contributed by atoms with Crippen molar-refractivity contribution in [2.75, 3.05) is 20.2 Å². The normalized spacial score (nSPS) is 14.2. The number of aromatic nitrogens is 1. The van der Waals surface area contributed by atoms with Crippen LogP contribution in [0.4, 0.5) is 0 Å². The molecule has 1 fully saturated rings. The Labute approximate surface area is 195 Å². The van der Waals surface area contributed by atoms with E-state index >= 15 is 0 Å². The largest absolute Gasteiger partial charge is 0.497 e. The van der Waals surface area contributed by atoms with E-state index in [2.05, 4.69) is 27.8 Å². The molecule has 1 heterocycles. The molecular weight excluding hydrogens is 414 g/mol. The predicted molar refractivity (Wildman–Crippen MR) is 131 cm³/mol. The van der Waals surface area contributed by atoms with Crippen LogP contribution in [0.25, 0.3) is 22.2 Å². The summed E-state index contributed by atoms with van der Waals surface area (Å²) >= 11 is 0. The molecule has 33 heavy (non-hydrogen) atoms. The molecule has 3 aromatic rings. The number of para-hydroxylation sites is 1. The third-order valence-corrected chi connectivity index (χ3v) is 6.52. The van der Waals surface area contributed by atoms with Crippen LogP contribution < -0.4 is 15.4 Å². The van der Waals surface area contributed by atoms with Gasteiger partial charge in [0.15, 0.2) is 0 Å². The molecule has 6 heteroatoms. The third kappa shape index (κ3) is 5.75. The highest BCUT2D eigenvalue weighted by atomic mass is 16.5. The van der Waals surface area contributed by atoms with Crippen LogP contribution in [0.5, 0.6) is 5.75 Å². The highest BCUT2D eigenvalue weighted by molar-refractivity contribution is 5.91. The van der Waals surface area contributed by atoms with Crippen molar-refractivity contribution >= 4 is 22.7 Å². The lowest BCUT2D eigenvalue weighted by molar-refractivity contribution is -0.126. The van der Waals surface area contributed by atoms with Crippen LogP contribution in [0.3, 0.4) is 0 Å². The number of aryl methyl sites for hydroxylation is 1. The van der Waals surface area contributed by atoms with E-state index in [4.69, 9.17) is 4.74 Å². The summed E-state index contributed by atoms with van der Waals surface area (Å²) in [5, 5.41) is 7.05. The monoisotopic (exact) mass is 447 g/mol. The van der Waals surface area contributed by atoms with Crippen molar-refractivity contribution in [3.63, 3.8) is 0 Å². The number of methoxy groups -OCH3 is 1. The maximum Gasteiger partial charge on any atom is 0.223 e. The van der Waals surface area contributed by atoms with Crippen LogP contribution in [0.2, 0.25) is 0 Å². The summed E-state index contributed by atoms with van der Waals surface area (Å²) in [7, 11) is 1.66. The molecule has 0 spiro atoms. The maximum absolute atomic E-state index is 12.5. The van der Waals surface area contributed by atoms with Gasteiger partial charge < -0.3 is 20.4 Å². The number of ether oxygens (including phenoxy) is 1. The Morgan fingerprint density at radius 2 is 1.70 bits per heavy atom. The average Bonchev–Trinajstić information content (AvgIpc) is 3.24. The van der Waals surface area contributed by atoms with Crippen molar-refractivity contribution in [3.05, 3.63) is 54.1 Å². The molecule has 0 radical (unpaired) electrons. The average molecular weight is 448 g/mol. The number of carbonyl (C=O) groups is 2. The Hall–Kier alpha value is -3.28. The number of carbonyl (C=O) groups excluding carboxylic acids is 2. The van der Waals surface area contributed by atoms with Gasteiger partial charge in [0.25, 0.3) is 0 Å².